The molecule has 5 nitrogen and oxygen atoms in total. The third kappa shape index (κ3) is 3.27. The van der Waals surface area contributed by atoms with E-state index in [9.17, 15) is 4.79 Å². The molecule has 2 aromatic rings. The molecule has 0 amide bonds. The van der Waals surface area contributed by atoms with Gasteiger partial charge in [0.25, 0.3) is 0 Å². The number of rotatable bonds is 5. The molecule has 2 N–H and O–H groups in total. The molecule has 1 heterocycles. The highest BCUT2D eigenvalue weighted by molar-refractivity contribution is 7.99. The third-order valence-electron chi connectivity index (χ3n) is 2.70. The van der Waals surface area contributed by atoms with E-state index in [1.54, 1.807) is 4.57 Å². The molecule has 2 rings (SSSR count). The minimum absolute atomic E-state index is 0.0947. The zero-order chi connectivity index (χ0) is 13.8. The van der Waals surface area contributed by atoms with Crippen LogP contribution >= 0.6 is 11.8 Å². The minimum Gasteiger partial charge on any atom is -0.316 e. The molecule has 0 spiro atoms. The van der Waals surface area contributed by atoms with Gasteiger partial charge in [-0.05, 0) is 50.4 Å². The highest BCUT2D eigenvalue weighted by Gasteiger charge is 2.12. The normalized spacial score (nSPS) is 11.2. The lowest BCUT2D eigenvalue weighted by atomic mass is 10.2. The predicted molar refractivity (Wildman–Crippen MR) is 76.6 cm³/mol. The summed E-state index contributed by atoms with van der Waals surface area (Å²) in [6.45, 7) is 4.79. The van der Waals surface area contributed by atoms with Crippen LogP contribution < -0.4 is 11.0 Å². The van der Waals surface area contributed by atoms with Gasteiger partial charge in [-0.15, -0.1) is 5.10 Å². The van der Waals surface area contributed by atoms with Gasteiger partial charge in [-0.2, -0.15) is 0 Å². The molecular formula is C13H18N4OS. The van der Waals surface area contributed by atoms with Crippen molar-refractivity contribution >= 4 is 11.8 Å². The Labute approximate surface area is 116 Å². The molecule has 102 valence electrons. The number of hydrogen-bond acceptors (Lipinski definition) is 4. The largest absolute Gasteiger partial charge is 0.344 e. The van der Waals surface area contributed by atoms with Crippen LogP contribution in [0.3, 0.4) is 0 Å². The second-order valence-corrected chi connectivity index (χ2v) is 5.59. The summed E-state index contributed by atoms with van der Waals surface area (Å²) in [4.78, 5) is 12.7. The van der Waals surface area contributed by atoms with Gasteiger partial charge in [-0.1, -0.05) is 12.1 Å². The van der Waals surface area contributed by atoms with E-state index >= 15 is 0 Å². The second-order valence-electron chi connectivity index (χ2n) is 4.55. The second kappa shape index (κ2) is 6.08. The summed E-state index contributed by atoms with van der Waals surface area (Å²) in [5, 5.41) is 10.4. The van der Waals surface area contributed by atoms with Crippen molar-refractivity contribution in [1.82, 2.24) is 20.1 Å². The first-order chi connectivity index (χ1) is 9.11. The maximum atomic E-state index is 11.6. The molecule has 1 aromatic carbocycles. The summed E-state index contributed by atoms with van der Waals surface area (Å²) < 4.78 is 1.66. The van der Waals surface area contributed by atoms with Crippen molar-refractivity contribution in [3.05, 3.63) is 40.3 Å². The number of aromatic amines is 1. The molecule has 0 saturated carbocycles. The standard InChI is InChI=1S/C13H18N4OS/c1-9(2)17-12(18)15-16-13(17)19-11-6-4-10(5-7-11)8-14-3/h4-7,9,14H,8H2,1-3H3,(H,15,18). The van der Waals surface area contributed by atoms with Crippen molar-refractivity contribution in [2.24, 2.45) is 0 Å². The van der Waals surface area contributed by atoms with Crippen molar-refractivity contribution in [3.63, 3.8) is 0 Å². The zero-order valence-electron chi connectivity index (χ0n) is 11.3. The molecule has 0 saturated heterocycles. The Morgan fingerprint density at radius 2 is 2.05 bits per heavy atom. The Hall–Kier alpha value is -1.53. The number of hydrogen-bond donors (Lipinski definition) is 2. The van der Waals surface area contributed by atoms with Crippen molar-refractivity contribution in [2.75, 3.05) is 7.05 Å². The fourth-order valence-corrected chi connectivity index (χ4v) is 2.77. The Balaban J connectivity index is 2.19. The van der Waals surface area contributed by atoms with Crippen molar-refractivity contribution < 1.29 is 0 Å². The van der Waals surface area contributed by atoms with Gasteiger partial charge >= 0.3 is 5.69 Å². The highest BCUT2D eigenvalue weighted by atomic mass is 32.2. The topological polar surface area (TPSA) is 62.7 Å². The van der Waals surface area contributed by atoms with Crippen molar-refractivity contribution in [1.29, 1.82) is 0 Å². The molecule has 6 heteroatoms. The van der Waals surface area contributed by atoms with E-state index in [0.717, 1.165) is 11.4 Å². The third-order valence-corrected chi connectivity index (χ3v) is 3.68. The summed E-state index contributed by atoms with van der Waals surface area (Å²) >= 11 is 1.49. The maximum absolute atomic E-state index is 11.6. The highest BCUT2D eigenvalue weighted by Crippen LogP contribution is 2.26. The smallest absolute Gasteiger partial charge is 0.316 e. The average Bonchev–Trinajstić information content (AvgIpc) is 2.73. The quantitative estimate of drug-likeness (QED) is 0.878. The first-order valence-corrected chi connectivity index (χ1v) is 7.01. The van der Waals surface area contributed by atoms with E-state index < -0.39 is 0 Å². The molecule has 0 unspecified atom stereocenters. The molecule has 0 radical (unpaired) electrons. The van der Waals surface area contributed by atoms with Crippen LogP contribution in [0.15, 0.2) is 39.1 Å². The Morgan fingerprint density at radius 3 is 2.63 bits per heavy atom. The lowest BCUT2D eigenvalue weighted by Gasteiger charge is -2.08. The van der Waals surface area contributed by atoms with Crippen LogP contribution in [-0.4, -0.2) is 21.8 Å². The molecule has 0 aliphatic carbocycles. The van der Waals surface area contributed by atoms with E-state index in [1.165, 1.54) is 17.3 Å². The SMILES string of the molecule is CNCc1ccc(Sc2n[nH]c(=O)n2C(C)C)cc1. The summed E-state index contributed by atoms with van der Waals surface area (Å²) in [7, 11) is 1.92. The van der Waals surface area contributed by atoms with Gasteiger partial charge in [-0.25, -0.2) is 9.89 Å². The van der Waals surface area contributed by atoms with Gasteiger partial charge in [0.1, 0.15) is 0 Å². The van der Waals surface area contributed by atoms with E-state index in [-0.39, 0.29) is 11.7 Å². The lowest BCUT2D eigenvalue weighted by Crippen LogP contribution is -2.19. The number of nitrogens with zero attached hydrogens (tertiary/aromatic N) is 2. The van der Waals surface area contributed by atoms with Gasteiger partial charge in [-0.3, -0.25) is 4.57 Å². The summed E-state index contributed by atoms with van der Waals surface area (Å²) in [6, 6.07) is 8.33. The van der Waals surface area contributed by atoms with E-state index in [1.807, 2.05) is 33.0 Å². The van der Waals surface area contributed by atoms with Gasteiger partial charge in [0.2, 0.25) is 0 Å². The van der Waals surface area contributed by atoms with E-state index in [2.05, 4.69) is 27.6 Å². The van der Waals surface area contributed by atoms with Crippen LogP contribution in [0, 0.1) is 0 Å². The molecule has 1 aromatic heterocycles. The van der Waals surface area contributed by atoms with Crippen molar-refractivity contribution in [3.8, 4) is 0 Å². The summed E-state index contributed by atoms with van der Waals surface area (Å²) in [5.74, 6) is 0. The van der Waals surface area contributed by atoms with E-state index in [4.69, 9.17) is 0 Å². The predicted octanol–water partition coefficient (Wildman–Crippen LogP) is 2.02. The van der Waals surface area contributed by atoms with Crippen molar-refractivity contribution in [2.45, 2.75) is 36.5 Å². The van der Waals surface area contributed by atoms with Crippen LogP contribution in [0.25, 0.3) is 0 Å². The summed E-state index contributed by atoms with van der Waals surface area (Å²) in [5.41, 5.74) is 1.07. The molecular weight excluding hydrogens is 260 g/mol. The Kier molecular flexibility index (Phi) is 4.44. The Bertz CT molecular complexity index is 585. The summed E-state index contributed by atoms with van der Waals surface area (Å²) in [6.07, 6.45) is 0. The zero-order valence-corrected chi connectivity index (χ0v) is 12.1. The molecule has 0 bridgehead atoms. The monoisotopic (exact) mass is 278 g/mol. The molecule has 0 aliphatic rings. The van der Waals surface area contributed by atoms with Crippen LogP contribution in [0.5, 0.6) is 0 Å². The first-order valence-electron chi connectivity index (χ1n) is 6.20. The number of nitrogens with one attached hydrogen (secondary N) is 2. The van der Waals surface area contributed by atoms with E-state index in [0.29, 0.717) is 5.16 Å². The van der Waals surface area contributed by atoms with Crippen LogP contribution in [0.4, 0.5) is 0 Å². The number of H-pyrrole nitrogens is 1. The average molecular weight is 278 g/mol. The maximum Gasteiger partial charge on any atom is 0.344 e. The number of benzene rings is 1. The lowest BCUT2D eigenvalue weighted by molar-refractivity contribution is 0.534. The van der Waals surface area contributed by atoms with Crippen LogP contribution in [0.2, 0.25) is 0 Å². The fourth-order valence-electron chi connectivity index (χ4n) is 1.80. The number of aromatic nitrogens is 3. The van der Waals surface area contributed by atoms with Gasteiger partial charge in [0.05, 0.1) is 0 Å². The van der Waals surface area contributed by atoms with Gasteiger partial charge in [0, 0.05) is 17.5 Å². The minimum atomic E-state index is -0.163. The van der Waals surface area contributed by atoms with Gasteiger partial charge in [0.15, 0.2) is 5.16 Å². The Morgan fingerprint density at radius 1 is 1.37 bits per heavy atom. The van der Waals surface area contributed by atoms with Crippen LogP contribution in [-0.2, 0) is 6.54 Å². The molecule has 0 fully saturated rings. The van der Waals surface area contributed by atoms with Gasteiger partial charge < -0.3 is 5.32 Å². The fraction of sp³-hybridized carbons (Fsp3) is 0.385. The molecule has 0 aliphatic heterocycles. The molecule has 0 atom stereocenters. The molecule has 19 heavy (non-hydrogen) atoms. The first kappa shape index (κ1) is 13.9. The van der Waals surface area contributed by atoms with Crippen LogP contribution in [0.1, 0.15) is 25.5 Å².